The molecule has 2 atom stereocenters. The molecule has 11 heteroatoms. The summed E-state index contributed by atoms with van der Waals surface area (Å²) in [5.41, 5.74) is 0.153. The van der Waals surface area contributed by atoms with E-state index in [-0.39, 0.29) is 24.9 Å². The number of piperidine rings is 1. The van der Waals surface area contributed by atoms with Gasteiger partial charge < -0.3 is 14.2 Å². The number of hydrogen-bond acceptors (Lipinski definition) is 8. The minimum absolute atomic E-state index is 0.119. The molecule has 0 saturated carbocycles. The van der Waals surface area contributed by atoms with Crippen molar-refractivity contribution in [3.05, 3.63) is 52.0 Å². The van der Waals surface area contributed by atoms with Crippen LogP contribution in [0.15, 0.2) is 29.1 Å². The Labute approximate surface area is 206 Å². The lowest BCUT2D eigenvalue weighted by molar-refractivity contribution is -0.232. The summed E-state index contributed by atoms with van der Waals surface area (Å²) in [6.07, 6.45) is 6.29. The van der Waals surface area contributed by atoms with Gasteiger partial charge in [-0.05, 0) is 44.6 Å². The van der Waals surface area contributed by atoms with Crippen molar-refractivity contribution in [3.8, 4) is 0 Å². The second-order valence-electron chi connectivity index (χ2n) is 10.1. The lowest BCUT2D eigenvalue weighted by Crippen LogP contribution is -2.46. The molecule has 3 saturated heterocycles. The molecule has 4 aliphatic heterocycles. The topological polar surface area (TPSA) is 105 Å². The van der Waals surface area contributed by atoms with Gasteiger partial charge in [0.05, 0.1) is 12.7 Å². The molecule has 2 aromatic rings. The van der Waals surface area contributed by atoms with Crippen molar-refractivity contribution in [2.75, 3.05) is 6.54 Å². The van der Waals surface area contributed by atoms with Gasteiger partial charge in [0.2, 0.25) is 0 Å². The van der Waals surface area contributed by atoms with Gasteiger partial charge in [0.15, 0.2) is 0 Å². The van der Waals surface area contributed by atoms with Crippen LogP contribution in [0, 0.1) is 5.82 Å². The Hall–Kier alpha value is -3.05. The van der Waals surface area contributed by atoms with E-state index < -0.39 is 23.5 Å². The van der Waals surface area contributed by atoms with Gasteiger partial charge in [-0.2, -0.15) is 5.10 Å². The fourth-order valence-corrected chi connectivity index (χ4v) is 6.22. The minimum atomic E-state index is -1.69. The van der Waals surface area contributed by atoms with E-state index in [0.29, 0.717) is 42.9 Å². The van der Waals surface area contributed by atoms with Gasteiger partial charge in [-0.1, -0.05) is 18.2 Å². The monoisotopic (exact) mass is 500 g/mol. The highest BCUT2D eigenvalue weighted by Crippen LogP contribution is 2.38. The van der Waals surface area contributed by atoms with Crippen LogP contribution < -0.4 is 5.69 Å². The van der Waals surface area contributed by atoms with Crippen LogP contribution in [0.3, 0.4) is 0 Å². The van der Waals surface area contributed by atoms with E-state index in [1.54, 1.807) is 12.1 Å². The van der Waals surface area contributed by atoms with Crippen molar-refractivity contribution in [1.29, 1.82) is 0 Å². The summed E-state index contributed by atoms with van der Waals surface area (Å²) in [7, 11) is 0. The van der Waals surface area contributed by atoms with Crippen LogP contribution in [0.4, 0.5) is 4.39 Å². The summed E-state index contributed by atoms with van der Waals surface area (Å²) in [5, 5.41) is 4.44. The van der Waals surface area contributed by atoms with Crippen LogP contribution in [0.2, 0.25) is 0 Å². The highest BCUT2D eigenvalue weighted by atomic mass is 19.1. The molecule has 36 heavy (non-hydrogen) atoms. The third-order valence-corrected chi connectivity index (χ3v) is 7.87. The van der Waals surface area contributed by atoms with Gasteiger partial charge in [0.25, 0.3) is 0 Å². The first kappa shape index (κ1) is 23.4. The molecule has 5 heterocycles. The molecule has 3 fully saturated rings. The number of rotatable bonds is 7. The molecule has 192 valence electrons. The fourth-order valence-electron chi connectivity index (χ4n) is 6.22. The summed E-state index contributed by atoms with van der Waals surface area (Å²) in [6, 6.07) is 7.56. The number of esters is 2. The number of benzene rings is 1. The molecule has 10 nitrogen and oxygen atoms in total. The van der Waals surface area contributed by atoms with E-state index >= 15 is 0 Å². The van der Waals surface area contributed by atoms with E-state index in [9.17, 15) is 18.8 Å². The normalized spacial score (nSPS) is 26.8. The zero-order valence-corrected chi connectivity index (χ0v) is 19.9. The molecular weight excluding hydrogens is 471 g/mol. The van der Waals surface area contributed by atoms with Gasteiger partial charge in [0.1, 0.15) is 11.6 Å². The van der Waals surface area contributed by atoms with Gasteiger partial charge in [-0.15, -0.1) is 0 Å². The van der Waals surface area contributed by atoms with E-state index in [4.69, 9.17) is 14.2 Å². The number of ether oxygens (including phenoxy) is 3. The maximum Gasteiger partial charge on any atom is 0.422 e. The Bertz CT molecular complexity index is 1210. The number of carbonyl (C=O) groups is 2. The lowest BCUT2D eigenvalue weighted by Gasteiger charge is -2.38. The number of hydrogen-bond donors (Lipinski definition) is 0. The fraction of sp³-hybridized carbons (Fsp3) is 0.600. The highest BCUT2D eigenvalue weighted by Gasteiger charge is 2.54. The van der Waals surface area contributed by atoms with E-state index in [1.165, 1.54) is 15.3 Å². The summed E-state index contributed by atoms with van der Waals surface area (Å²) in [5.74, 6) is -3.63. The predicted molar refractivity (Wildman–Crippen MR) is 122 cm³/mol. The summed E-state index contributed by atoms with van der Waals surface area (Å²) in [6.45, 7) is 1.54. The van der Waals surface area contributed by atoms with Gasteiger partial charge in [0, 0.05) is 43.6 Å². The molecule has 0 aliphatic carbocycles. The third kappa shape index (κ3) is 4.03. The number of halogens is 1. The highest BCUT2D eigenvalue weighted by molar-refractivity contribution is 6.31. The number of aromatic nitrogens is 3. The van der Waals surface area contributed by atoms with Gasteiger partial charge in [-0.3, -0.25) is 4.90 Å². The van der Waals surface area contributed by atoms with Crippen LogP contribution in [-0.2, 0) is 49.3 Å². The maximum atomic E-state index is 13.9. The number of aryl methyl sites for hydroxylation is 2. The number of nitrogens with zero attached hydrogens (tertiary/aromatic N) is 4. The zero-order valence-electron chi connectivity index (χ0n) is 19.9. The molecule has 4 aliphatic rings. The number of fused-ring (bicyclic) bond motifs is 4. The summed E-state index contributed by atoms with van der Waals surface area (Å²) in [4.78, 5) is 38.9. The minimum Gasteiger partial charge on any atom is -0.394 e. The molecule has 1 aromatic carbocycles. The summed E-state index contributed by atoms with van der Waals surface area (Å²) >= 11 is 0. The van der Waals surface area contributed by atoms with Gasteiger partial charge in [-0.25, -0.2) is 28.0 Å². The molecule has 0 N–H and O–H groups in total. The standard InChI is InChI=1S/C25H29FN4O6/c26-20-6-2-1-5-16(20)15-34-19-13-17-8-9-18(14-19)28(17)11-4-12-29-24(33)30-21(27-29)7-3-10-25(30)35-22(31)23(32)36-25/h1-2,5-6,17-19H,3-4,7-15H2. The molecule has 2 bridgehead atoms. The molecule has 1 spiro atoms. The zero-order chi connectivity index (χ0) is 24.9. The largest absolute Gasteiger partial charge is 0.422 e. The van der Waals surface area contributed by atoms with Crippen LogP contribution >= 0.6 is 0 Å². The van der Waals surface area contributed by atoms with Crippen molar-refractivity contribution in [2.45, 2.75) is 88.6 Å². The van der Waals surface area contributed by atoms with Crippen molar-refractivity contribution >= 4 is 11.9 Å². The van der Waals surface area contributed by atoms with Crippen LogP contribution in [0.5, 0.6) is 0 Å². The first-order chi connectivity index (χ1) is 17.4. The van der Waals surface area contributed by atoms with Crippen molar-refractivity contribution in [3.63, 3.8) is 0 Å². The Morgan fingerprint density at radius 3 is 2.50 bits per heavy atom. The molecule has 0 radical (unpaired) electrons. The smallest absolute Gasteiger partial charge is 0.394 e. The predicted octanol–water partition coefficient (Wildman–Crippen LogP) is 1.83. The molecule has 6 rings (SSSR count). The van der Waals surface area contributed by atoms with E-state index in [1.807, 2.05) is 6.07 Å². The first-order valence-corrected chi connectivity index (χ1v) is 12.7. The maximum absolute atomic E-state index is 13.9. The molecule has 2 unspecified atom stereocenters. The molecular formula is C25H29FN4O6. The number of carbonyl (C=O) groups excluding carboxylic acids is 2. The Morgan fingerprint density at radius 1 is 1.06 bits per heavy atom. The Morgan fingerprint density at radius 2 is 1.78 bits per heavy atom. The molecule has 0 amide bonds. The van der Waals surface area contributed by atoms with Crippen LogP contribution in [0.25, 0.3) is 0 Å². The van der Waals surface area contributed by atoms with Crippen LogP contribution in [0.1, 0.15) is 56.3 Å². The average molecular weight is 501 g/mol. The second kappa shape index (κ2) is 9.11. The summed E-state index contributed by atoms with van der Waals surface area (Å²) < 4.78 is 33.0. The Balaban J connectivity index is 1.06. The average Bonchev–Trinajstić information content (AvgIpc) is 3.41. The quantitative estimate of drug-likeness (QED) is 0.419. The Kier molecular flexibility index (Phi) is 5.91. The van der Waals surface area contributed by atoms with Crippen LogP contribution in [-0.4, -0.2) is 55.9 Å². The van der Waals surface area contributed by atoms with Gasteiger partial charge >= 0.3 is 23.5 Å². The first-order valence-electron chi connectivity index (χ1n) is 12.7. The lowest BCUT2D eigenvalue weighted by atomic mass is 9.99. The molecule has 1 aromatic heterocycles. The van der Waals surface area contributed by atoms with Crippen molar-refractivity contribution in [1.82, 2.24) is 19.2 Å². The SMILES string of the molecule is O=C1OC2(CCCc3nn(CCCN4C5CCC4CC(OCc4ccccc4F)C5)c(=O)n32)OC1=O. The van der Waals surface area contributed by atoms with Crippen molar-refractivity contribution < 1.29 is 28.2 Å². The van der Waals surface area contributed by atoms with Crippen molar-refractivity contribution in [2.24, 2.45) is 0 Å². The third-order valence-electron chi connectivity index (χ3n) is 7.87. The van der Waals surface area contributed by atoms with E-state index in [0.717, 1.165) is 38.6 Å². The second-order valence-corrected chi connectivity index (χ2v) is 10.1. The van der Waals surface area contributed by atoms with E-state index in [2.05, 4.69) is 10.00 Å².